The van der Waals surface area contributed by atoms with Crippen molar-refractivity contribution in [3.8, 4) is 0 Å². The first kappa shape index (κ1) is 23.7. The Morgan fingerprint density at radius 1 is 1.32 bits per heavy atom. The Hall–Kier alpha value is -0.600. The van der Waals surface area contributed by atoms with Gasteiger partial charge in [0.2, 0.25) is 0 Å². The Morgan fingerprint density at radius 2 is 2.00 bits per heavy atom. The zero-order valence-electron chi connectivity index (χ0n) is 12.9. The van der Waals surface area contributed by atoms with E-state index in [0.29, 0.717) is 31.1 Å². The number of hydrogen-bond acceptors (Lipinski definition) is 5. The van der Waals surface area contributed by atoms with Crippen molar-refractivity contribution in [3.63, 3.8) is 0 Å². The second-order valence-electron chi connectivity index (χ2n) is 4.42. The molecule has 0 spiro atoms. The van der Waals surface area contributed by atoms with Gasteiger partial charge in [-0.1, -0.05) is 0 Å². The Balaban J connectivity index is 0. The molecule has 1 amide bonds. The summed E-state index contributed by atoms with van der Waals surface area (Å²) < 4.78 is 5.71. The number of carbonyl (C=O) groups excluding carboxylic acids is 1. The summed E-state index contributed by atoms with van der Waals surface area (Å²) in [6, 6.07) is 1.77. The molecule has 0 bridgehead atoms. The molecular weight excluding hydrogens is 395 g/mol. The van der Waals surface area contributed by atoms with Crippen LogP contribution in [0.3, 0.4) is 0 Å². The van der Waals surface area contributed by atoms with Crippen molar-refractivity contribution >= 4 is 52.5 Å². The van der Waals surface area contributed by atoms with E-state index in [1.54, 1.807) is 19.4 Å². The van der Waals surface area contributed by atoms with Crippen LogP contribution in [0.5, 0.6) is 0 Å². The maximum Gasteiger partial charge on any atom is 0.255 e. The lowest BCUT2D eigenvalue weighted by Gasteiger charge is -2.16. The number of nitrogens with one attached hydrogen (secondary N) is 2. The van der Waals surface area contributed by atoms with Crippen LogP contribution >= 0.6 is 40.7 Å². The average Bonchev–Trinajstić information content (AvgIpc) is 2.42. The fraction of sp³-hybridized carbons (Fsp3) is 0.538. The van der Waals surface area contributed by atoms with Gasteiger partial charge in [0.15, 0.2) is 0 Å². The van der Waals surface area contributed by atoms with Crippen molar-refractivity contribution in [2.45, 2.75) is 0 Å². The summed E-state index contributed by atoms with van der Waals surface area (Å²) >= 11 is 3.34. The number of halogens is 3. The van der Waals surface area contributed by atoms with Crippen LogP contribution in [0.25, 0.3) is 0 Å². The summed E-state index contributed by atoms with van der Waals surface area (Å²) in [6.45, 7) is 2.69. The smallest absolute Gasteiger partial charge is 0.255 e. The van der Waals surface area contributed by atoms with Gasteiger partial charge in [-0.25, -0.2) is 4.98 Å². The summed E-state index contributed by atoms with van der Waals surface area (Å²) in [6.07, 6.45) is 1.68. The summed E-state index contributed by atoms with van der Waals surface area (Å²) in [4.78, 5) is 18.2. The largest absolute Gasteiger partial charge is 0.383 e. The van der Waals surface area contributed by atoms with Crippen LogP contribution in [0.15, 0.2) is 16.7 Å². The molecule has 0 saturated carbocycles. The third kappa shape index (κ3) is 8.14. The number of rotatable bonds is 8. The van der Waals surface area contributed by atoms with Gasteiger partial charge in [-0.2, -0.15) is 0 Å². The highest BCUT2D eigenvalue weighted by Gasteiger charge is 2.14. The summed E-state index contributed by atoms with van der Waals surface area (Å²) in [5.74, 6) is 0.522. The van der Waals surface area contributed by atoms with Gasteiger partial charge in [0.05, 0.1) is 12.2 Å². The maximum absolute atomic E-state index is 12.2. The molecule has 2 N–H and O–H groups in total. The standard InChI is InChI=1S/C13H21BrN4O2.2ClH/c1-18(2)12-11(8-10(14)9-17-12)13(19)16-5-4-15-6-7-20-3;;/h8-9,15H,4-7H2,1-3H3,(H,16,19);2*1H. The van der Waals surface area contributed by atoms with Gasteiger partial charge in [0.1, 0.15) is 5.82 Å². The van der Waals surface area contributed by atoms with Crippen LogP contribution in [-0.2, 0) is 4.74 Å². The predicted molar refractivity (Wildman–Crippen MR) is 97.8 cm³/mol. The molecule has 128 valence electrons. The van der Waals surface area contributed by atoms with E-state index >= 15 is 0 Å². The monoisotopic (exact) mass is 416 g/mol. The minimum absolute atomic E-state index is 0. The molecule has 0 radical (unpaired) electrons. The lowest BCUT2D eigenvalue weighted by molar-refractivity contribution is 0.0954. The van der Waals surface area contributed by atoms with Crippen LogP contribution in [0, 0.1) is 0 Å². The van der Waals surface area contributed by atoms with Crippen molar-refractivity contribution in [2.24, 2.45) is 0 Å². The molecule has 0 aliphatic rings. The average molecular weight is 418 g/mol. The molecule has 1 heterocycles. The maximum atomic E-state index is 12.2. The molecule has 0 atom stereocenters. The SMILES string of the molecule is COCCNCCNC(=O)c1cc(Br)cnc1N(C)C.Cl.Cl. The van der Waals surface area contributed by atoms with E-state index in [1.165, 1.54) is 0 Å². The van der Waals surface area contributed by atoms with E-state index in [0.717, 1.165) is 11.0 Å². The summed E-state index contributed by atoms with van der Waals surface area (Å²) in [5, 5.41) is 6.04. The normalized spacial score (nSPS) is 9.45. The molecule has 0 aromatic carbocycles. The minimum atomic E-state index is -0.129. The minimum Gasteiger partial charge on any atom is -0.383 e. The van der Waals surface area contributed by atoms with Crippen LogP contribution in [0.1, 0.15) is 10.4 Å². The van der Waals surface area contributed by atoms with Gasteiger partial charge in [-0.05, 0) is 22.0 Å². The first-order valence-corrected chi connectivity index (χ1v) is 7.16. The molecule has 0 unspecified atom stereocenters. The third-order valence-electron chi connectivity index (χ3n) is 2.57. The van der Waals surface area contributed by atoms with Crippen molar-refractivity contribution in [2.75, 3.05) is 52.3 Å². The number of nitrogens with zero attached hydrogens (tertiary/aromatic N) is 2. The quantitative estimate of drug-likeness (QED) is 0.630. The molecule has 1 aromatic heterocycles. The molecule has 0 fully saturated rings. The second kappa shape index (κ2) is 12.9. The van der Waals surface area contributed by atoms with Crippen molar-refractivity contribution < 1.29 is 9.53 Å². The molecule has 0 aliphatic heterocycles. The molecule has 6 nitrogen and oxygen atoms in total. The Bertz CT molecular complexity index is 450. The molecule has 0 saturated heterocycles. The number of anilines is 1. The third-order valence-corrected chi connectivity index (χ3v) is 3.01. The molecule has 22 heavy (non-hydrogen) atoms. The van der Waals surface area contributed by atoms with E-state index in [2.05, 4.69) is 31.5 Å². The number of pyridine rings is 1. The highest BCUT2D eigenvalue weighted by Crippen LogP contribution is 2.19. The number of methoxy groups -OCH3 is 1. The van der Waals surface area contributed by atoms with Crippen LogP contribution in [0.4, 0.5) is 5.82 Å². The molecular formula is C13H23BrCl2N4O2. The highest BCUT2D eigenvalue weighted by atomic mass is 79.9. The summed E-state index contributed by atoms with van der Waals surface area (Å²) in [5.41, 5.74) is 0.557. The molecule has 1 aromatic rings. The van der Waals surface area contributed by atoms with E-state index in [1.807, 2.05) is 19.0 Å². The van der Waals surface area contributed by atoms with E-state index in [9.17, 15) is 4.79 Å². The van der Waals surface area contributed by atoms with Gasteiger partial charge < -0.3 is 20.3 Å². The Labute approximate surface area is 152 Å². The number of hydrogen-bond donors (Lipinski definition) is 2. The first-order valence-electron chi connectivity index (χ1n) is 6.37. The van der Waals surface area contributed by atoms with Crippen molar-refractivity contribution in [3.05, 3.63) is 22.3 Å². The van der Waals surface area contributed by atoms with Gasteiger partial charge in [0, 0.05) is 51.5 Å². The van der Waals surface area contributed by atoms with Gasteiger partial charge in [0.25, 0.3) is 5.91 Å². The zero-order valence-corrected chi connectivity index (χ0v) is 16.1. The van der Waals surface area contributed by atoms with E-state index in [-0.39, 0.29) is 30.7 Å². The number of aromatic nitrogens is 1. The number of carbonyl (C=O) groups is 1. The predicted octanol–water partition coefficient (Wildman–Crippen LogP) is 1.72. The summed E-state index contributed by atoms with van der Waals surface area (Å²) in [7, 11) is 5.38. The number of amides is 1. The molecule has 1 rings (SSSR count). The number of ether oxygens (including phenoxy) is 1. The van der Waals surface area contributed by atoms with Crippen LogP contribution in [0.2, 0.25) is 0 Å². The van der Waals surface area contributed by atoms with Crippen LogP contribution in [-0.4, -0.2) is 58.3 Å². The van der Waals surface area contributed by atoms with Gasteiger partial charge in [-0.15, -0.1) is 24.8 Å². The lowest BCUT2D eigenvalue weighted by atomic mass is 10.2. The van der Waals surface area contributed by atoms with Crippen molar-refractivity contribution in [1.82, 2.24) is 15.6 Å². The van der Waals surface area contributed by atoms with Crippen LogP contribution < -0.4 is 15.5 Å². The topological polar surface area (TPSA) is 66.5 Å². The van der Waals surface area contributed by atoms with Gasteiger partial charge >= 0.3 is 0 Å². The van der Waals surface area contributed by atoms with Crippen molar-refractivity contribution in [1.29, 1.82) is 0 Å². The van der Waals surface area contributed by atoms with E-state index in [4.69, 9.17) is 4.74 Å². The fourth-order valence-corrected chi connectivity index (χ4v) is 1.95. The molecule has 0 aliphatic carbocycles. The second-order valence-corrected chi connectivity index (χ2v) is 5.33. The van der Waals surface area contributed by atoms with E-state index < -0.39 is 0 Å². The Kier molecular flexibility index (Phi) is 13.9. The highest BCUT2D eigenvalue weighted by molar-refractivity contribution is 9.10. The van der Waals surface area contributed by atoms with Gasteiger partial charge in [-0.3, -0.25) is 4.79 Å². The molecule has 9 heteroatoms. The Morgan fingerprint density at radius 3 is 2.59 bits per heavy atom. The fourth-order valence-electron chi connectivity index (χ4n) is 1.61. The first-order chi connectivity index (χ1) is 9.56. The zero-order chi connectivity index (χ0) is 15.0. The lowest BCUT2D eigenvalue weighted by Crippen LogP contribution is -2.33.